The standard InChI is InChI=1S/C16H23N3O3S.ClH/c1-12(20)19-8-6-14-3-4-15(9-16(14)19)23(21,22)18-7-5-13(11-18)10-17-2;/h3-4,9,13,17H,5-8,10-11H2,1-2H3;1H. The van der Waals surface area contributed by atoms with Crippen LogP contribution in [0.25, 0.3) is 0 Å². The number of amides is 1. The summed E-state index contributed by atoms with van der Waals surface area (Å²) in [6, 6.07) is 5.17. The van der Waals surface area contributed by atoms with Crippen molar-refractivity contribution in [2.24, 2.45) is 5.92 Å². The molecule has 1 aromatic rings. The monoisotopic (exact) mass is 373 g/mol. The van der Waals surface area contributed by atoms with Gasteiger partial charge in [-0.05, 0) is 50.0 Å². The van der Waals surface area contributed by atoms with E-state index in [9.17, 15) is 13.2 Å². The van der Waals surface area contributed by atoms with Crippen LogP contribution in [-0.4, -0.2) is 51.9 Å². The van der Waals surface area contributed by atoms with E-state index in [1.807, 2.05) is 13.1 Å². The summed E-state index contributed by atoms with van der Waals surface area (Å²) in [7, 11) is -1.61. The van der Waals surface area contributed by atoms with Crippen LogP contribution in [0.15, 0.2) is 23.1 Å². The topological polar surface area (TPSA) is 69.7 Å². The lowest BCUT2D eigenvalue weighted by atomic mass is 10.1. The second-order valence-electron chi connectivity index (χ2n) is 6.29. The highest BCUT2D eigenvalue weighted by molar-refractivity contribution is 7.89. The lowest BCUT2D eigenvalue weighted by Crippen LogP contribution is -2.31. The van der Waals surface area contributed by atoms with Crippen LogP contribution < -0.4 is 10.2 Å². The van der Waals surface area contributed by atoms with Gasteiger partial charge in [0.2, 0.25) is 15.9 Å². The molecule has 0 bridgehead atoms. The largest absolute Gasteiger partial charge is 0.319 e. The maximum absolute atomic E-state index is 12.9. The molecule has 134 valence electrons. The summed E-state index contributed by atoms with van der Waals surface area (Å²) < 4.78 is 27.3. The molecule has 0 aliphatic carbocycles. The van der Waals surface area contributed by atoms with Crippen molar-refractivity contribution in [2.45, 2.75) is 24.7 Å². The minimum atomic E-state index is -3.49. The maximum Gasteiger partial charge on any atom is 0.243 e. The van der Waals surface area contributed by atoms with E-state index in [0.717, 1.165) is 30.6 Å². The van der Waals surface area contributed by atoms with Crippen LogP contribution in [0.4, 0.5) is 5.69 Å². The number of nitrogens with one attached hydrogen (secondary N) is 1. The van der Waals surface area contributed by atoms with E-state index in [4.69, 9.17) is 0 Å². The van der Waals surface area contributed by atoms with Crippen molar-refractivity contribution in [3.63, 3.8) is 0 Å². The Labute approximate surface area is 149 Å². The number of hydrogen-bond donors (Lipinski definition) is 1. The van der Waals surface area contributed by atoms with Crippen molar-refractivity contribution in [1.82, 2.24) is 9.62 Å². The number of hydrogen-bond acceptors (Lipinski definition) is 4. The molecule has 1 saturated heterocycles. The summed E-state index contributed by atoms with van der Waals surface area (Å²) >= 11 is 0. The predicted molar refractivity (Wildman–Crippen MR) is 96.2 cm³/mol. The number of sulfonamides is 1. The Kier molecular flexibility index (Phi) is 5.91. The van der Waals surface area contributed by atoms with Crippen LogP contribution in [0.5, 0.6) is 0 Å². The van der Waals surface area contributed by atoms with Crippen LogP contribution >= 0.6 is 12.4 Å². The van der Waals surface area contributed by atoms with Gasteiger partial charge in [-0.1, -0.05) is 6.07 Å². The van der Waals surface area contributed by atoms with Crippen LogP contribution in [0, 0.1) is 5.92 Å². The average molecular weight is 374 g/mol. The zero-order valence-corrected chi connectivity index (χ0v) is 15.6. The summed E-state index contributed by atoms with van der Waals surface area (Å²) in [6.45, 7) is 4.08. The number of nitrogens with zero attached hydrogens (tertiary/aromatic N) is 2. The molecule has 1 unspecified atom stereocenters. The number of benzene rings is 1. The minimum absolute atomic E-state index is 0. The van der Waals surface area contributed by atoms with Gasteiger partial charge < -0.3 is 10.2 Å². The molecule has 2 aliphatic heterocycles. The number of rotatable bonds is 4. The molecule has 6 nitrogen and oxygen atoms in total. The van der Waals surface area contributed by atoms with Crippen molar-refractivity contribution in [2.75, 3.05) is 38.1 Å². The Balaban J connectivity index is 0.00000208. The molecule has 2 aliphatic rings. The molecule has 3 rings (SSSR count). The van der Waals surface area contributed by atoms with E-state index >= 15 is 0 Å². The van der Waals surface area contributed by atoms with E-state index in [0.29, 0.717) is 25.6 Å². The molecule has 0 radical (unpaired) electrons. The summed E-state index contributed by atoms with van der Waals surface area (Å²) in [4.78, 5) is 13.6. The average Bonchev–Trinajstić information content (AvgIpc) is 3.13. The molecule has 1 N–H and O–H groups in total. The predicted octanol–water partition coefficient (Wildman–Crippen LogP) is 1.25. The SMILES string of the molecule is CNCC1CCN(S(=O)(=O)c2ccc3c(c2)N(C(C)=O)CC3)C1.Cl. The first-order valence-corrected chi connectivity index (χ1v) is 9.43. The highest BCUT2D eigenvalue weighted by Crippen LogP contribution is 2.32. The van der Waals surface area contributed by atoms with Gasteiger partial charge in [0.1, 0.15) is 0 Å². The van der Waals surface area contributed by atoms with Gasteiger partial charge in [0, 0.05) is 32.2 Å². The Bertz CT molecular complexity index is 723. The molecule has 1 atom stereocenters. The van der Waals surface area contributed by atoms with E-state index < -0.39 is 10.0 Å². The third-order valence-electron chi connectivity index (χ3n) is 4.71. The van der Waals surface area contributed by atoms with Gasteiger partial charge in [0.25, 0.3) is 0 Å². The normalized spacial score (nSPS) is 20.8. The maximum atomic E-state index is 12.9. The number of fused-ring (bicyclic) bond motifs is 1. The summed E-state index contributed by atoms with van der Waals surface area (Å²) in [5.41, 5.74) is 1.78. The Morgan fingerprint density at radius 2 is 2.08 bits per heavy atom. The third-order valence-corrected chi connectivity index (χ3v) is 6.57. The number of carbonyl (C=O) groups excluding carboxylic acids is 1. The zero-order chi connectivity index (χ0) is 16.6. The first kappa shape index (κ1) is 19.2. The first-order valence-electron chi connectivity index (χ1n) is 7.99. The second-order valence-corrected chi connectivity index (χ2v) is 8.22. The van der Waals surface area contributed by atoms with Gasteiger partial charge in [0.15, 0.2) is 0 Å². The van der Waals surface area contributed by atoms with Crippen LogP contribution in [0.1, 0.15) is 18.9 Å². The minimum Gasteiger partial charge on any atom is -0.319 e. The molecule has 1 aromatic carbocycles. The van der Waals surface area contributed by atoms with Crippen molar-refractivity contribution in [3.8, 4) is 0 Å². The highest BCUT2D eigenvalue weighted by Gasteiger charge is 2.33. The fourth-order valence-electron chi connectivity index (χ4n) is 3.47. The molecular weight excluding hydrogens is 350 g/mol. The quantitative estimate of drug-likeness (QED) is 0.862. The van der Waals surface area contributed by atoms with E-state index in [1.165, 1.54) is 6.92 Å². The van der Waals surface area contributed by atoms with Gasteiger partial charge >= 0.3 is 0 Å². The van der Waals surface area contributed by atoms with Gasteiger partial charge in [-0.25, -0.2) is 8.42 Å². The molecular formula is C16H24ClN3O3S. The van der Waals surface area contributed by atoms with Crippen molar-refractivity contribution in [1.29, 1.82) is 0 Å². The summed E-state index contributed by atoms with van der Waals surface area (Å²) in [5.74, 6) is 0.312. The molecule has 8 heteroatoms. The van der Waals surface area contributed by atoms with E-state index in [-0.39, 0.29) is 23.2 Å². The lowest BCUT2D eigenvalue weighted by molar-refractivity contribution is -0.116. The van der Waals surface area contributed by atoms with Crippen molar-refractivity contribution >= 4 is 34.0 Å². The van der Waals surface area contributed by atoms with E-state index in [2.05, 4.69) is 5.32 Å². The van der Waals surface area contributed by atoms with Gasteiger partial charge in [-0.2, -0.15) is 4.31 Å². The molecule has 0 saturated carbocycles. The van der Waals surface area contributed by atoms with Crippen molar-refractivity contribution in [3.05, 3.63) is 23.8 Å². The molecule has 0 spiro atoms. The number of carbonyl (C=O) groups is 1. The van der Waals surface area contributed by atoms with Crippen molar-refractivity contribution < 1.29 is 13.2 Å². The summed E-state index contributed by atoms with van der Waals surface area (Å²) in [5, 5.41) is 3.11. The van der Waals surface area contributed by atoms with Gasteiger partial charge in [-0.3, -0.25) is 4.79 Å². The molecule has 2 heterocycles. The Morgan fingerprint density at radius 3 is 2.75 bits per heavy atom. The second kappa shape index (κ2) is 7.39. The Morgan fingerprint density at radius 1 is 1.33 bits per heavy atom. The molecule has 1 fully saturated rings. The van der Waals surface area contributed by atoms with Gasteiger partial charge in [0.05, 0.1) is 4.90 Å². The fourth-order valence-corrected chi connectivity index (χ4v) is 5.02. The Hall–Kier alpha value is -1.15. The zero-order valence-electron chi connectivity index (χ0n) is 14.0. The van der Waals surface area contributed by atoms with Gasteiger partial charge in [-0.15, -0.1) is 12.4 Å². The van der Waals surface area contributed by atoms with Crippen LogP contribution in [-0.2, 0) is 21.2 Å². The highest BCUT2D eigenvalue weighted by atomic mass is 35.5. The van der Waals surface area contributed by atoms with E-state index in [1.54, 1.807) is 21.3 Å². The molecule has 24 heavy (non-hydrogen) atoms. The third kappa shape index (κ3) is 3.44. The van der Waals surface area contributed by atoms with Crippen LogP contribution in [0.3, 0.4) is 0 Å². The first-order chi connectivity index (χ1) is 10.9. The smallest absolute Gasteiger partial charge is 0.243 e. The van der Waals surface area contributed by atoms with Crippen LogP contribution in [0.2, 0.25) is 0 Å². The fraction of sp³-hybridized carbons (Fsp3) is 0.562. The number of anilines is 1. The summed E-state index contributed by atoms with van der Waals surface area (Å²) in [6.07, 6.45) is 1.66. The molecule has 1 amide bonds. The lowest BCUT2D eigenvalue weighted by Gasteiger charge is -2.19. The molecule has 0 aromatic heterocycles. The number of halogens is 1.